The molecule has 0 aromatic heterocycles. The predicted molar refractivity (Wildman–Crippen MR) is 80.6 cm³/mol. The highest BCUT2D eigenvalue weighted by Gasteiger charge is 2.37. The van der Waals surface area contributed by atoms with Crippen molar-refractivity contribution in [1.29, 1.82) is 0 Å². The molecule has 2 unspecified atom stereocenters. The van der Waals surface area contributed by atoms with Crippen LogP contribution in [-0.4, -0.2) is 49.8 Å². The molecule has 3 nitrogen and oxygen atoms in total. The van der Waals surface area contributed by atoms with E-state index >= 15 is 0 Å². The number of hydrogen-bond acceptors (Lipinski definition) is 3. The van der Waals surface area contributed by atoms with Crippen LogP contribution in [0.4, 0.5) is 0 Å². The lowest BCUT2D eigenvalue weighted by atomic mass is 9.81. The van der Waals surface area contributed by atoms with Crippen LogP contribution in [0, 0.1) is 0 Å². The molecule has 0 aromatic carbocycles. The normalized spacial score (nSPS) is 31.6. The van der Waals surface area contributed by atoms with E-state index in [1.165, 1.54) is 57.9 Å². The number of nitrogens with one attached hydrogen (secondary N) is 1. The third-order valence-electron chi connectivity index (χ3n) is 4.88. The molecule has 2 fully saturated rings. The molecule has 1 N–H and O–H groups in total. The van der Waals surface area contributed by atoms with Crippen LogP contribution in [0.2, 0.25) is 0 Å². The molecule has 2 aliphatic heterocycles. The molecular weight excluding hydrogens is 236 g/mol. The van der Waals surface area contributed by atoms with E-state index in [9.17, 15) is 0 Å². The van der Waals surface area contributed by atoms with Crippen LogP contribution in [0.25, 0.3) is 0 Å². The molecule has 2 aliphatic rings. The minimum absolute atomic E-state index is 0.757. The molecule has 0 radical (unpaired) electrons. The van der Waals surface area contributed by atoms with Gasteiger partial charge in [0.1, 0.15) is 0 Å². The van der Waals surface area contributed by atoms with Gasteiger partial charge >= 0.3 is 0 Å². The van der Waals surface area contributed by atoms with Crippen molar-refractivity contribution in [2.24, 2.45) is 0 Å². The highest BCUT2D eigenvalue weighted by molar-refractivity contribution is 4.94. The van der Waals surface area contributed by atoms with Gasteiger partial charge in [0.25, 0.3) is 0 Å². The summed E-state index contributed by atoms with van der Waals surface area (Å²) in [5, 5.41) is 3.49. The van der Waals surface area contributed by atoms with Gasteiger partial charge in [-0.1, -0.05) is 19.8 Å². The highest BCUT2D eigenvalue weighted by atomic mass is 16.5. The second-order valence-electron chi connectivity index (χ2n) is 6.25. The van der Waals surface area contributed by atoms with Gasteiger partial charge in [0.15, 0.2) is 0 Å². The Balaban J connectivity index is 1.68. The molecule has 0 aromatic rings. The largest absolute Gasteiger partial charge is 0.381 e. The fourth-order valence-corrected chi connectivity index (χ4v) is 3.78. The molecule has 19 heavy (non-hydrogen) atoms. The number of nitrogens with zero attached hydrogens (tertiary/aromatic N) is 1. The zero-order valence-corrected chi connectivity index (χ0v) is 12.9. The van der Waals surface area contributed by atoms with E-state index in [0.29, 0.717) is 0 Å². The fraction of sp³-hybridized carbons (Fsp3) is 1.00. The van der Waals surface area contributed by atoms with Crippen molar-refractivity contribution in [3.8, 4) is 0 Å². The lowest BCUT2D eigenvalue weighted by Crippen LogP contribution is -2.56. The first-order valence-corrected chi connectivity index (χ1v) is 8.36. The Morgan fingerprint density at radius 1 is 1.11 bits per heavy atom. The smallest absolute Gasteiger partial charge is 0.0478 e. The molecule has 2 saturated heterocycles. The van der Waals surface area contributed by atoms with Crippen LogP contribution >= 0.6 is 0 Å². The Kier molecular flexibility index (Phi) is 6.62. The maximum atomic E-state index is 5.69. The molecule has 2 heterocycles. The van der Waals surface area contributed by atoms with Gasteiger partial charge < -0.3 is 10.1 Å². The first-order valence-electron chi connectivity index (χ1n) is 8.36. The summed E-state index contributed by atoms with van der Waals surface area (Å²) in [5.41, 5.74) is 0. The monoisotopic (exact) mass is 268 g/mol. The number of fused-ring (bicyclic) bond motifs is 2. The summed E-state index contributed by atoms with van der Waals surface area (Å²) in [5.74, 6) is 0. The van der Waals surface area contributed by atoms with Crippen molar-refractivity contribution in [2.45, 2.75) is 76.4 Å². The van der Waals surface area contributed by atoms with E-state index in [1.54, 1.807) is 0 Å². The summed E-state index contributed by atoms with van der Waals surface area (Å²) < 4.78 is 5.69. The van der Waals surface area contributed by atoms with Crippen molar-refractivity contribution in [3.63, 3.8) is 0 Å². The number of piperidine rings is 2. The second-order valence-corrected chi connectivity index (χ2v) is 6.25. The summed E-state index contributed by atoms with van der Waals surface area (Å²) in [6.45, 7) is 5.37. The summed E-state index contributed by atoms with van der Waals surface area (Å²) in [4.78, 5) is 2.79. The van der Waals surface area contributed by atoms with Crippen LogP contribution in [0.3, 0.4) is 0 Å². The molecule has 0 aliphatic carbocycles. The Labute approximate surface area is 119 Å². The molecular formula is C16H32N2O. The van der Waals surface area contributed by atoms with Gasteiger partial charge in [-0.3, -0.25) is 4.90 Å². The Morgan fingerprint density at radius 2 is 1.79 bits per heavy atom. The number of hydrogen-bond donors (Lipinski definition) is 1. The Hall–Kier alpha value is -0.120. The molecule has 0 amide bonds. The van der Waals surface area contributed by atoms with Gasteiger partial charge in [-0.25, -0.2) is 0 Å². The van der Waals surface area contributed by atoms with E-state index < -0.39 is 0 Å². The van der Waals surface area contributed by atoms with Gasteiger partial charge in [0.2, 0.25) is 0 Å². The number of ether oxygens (including phenoxy) is 1. The molecule has 0 spiro atoms. The van der Waals surface area contributed by atoms with Crippen molar-refractivity contribution < 1.29 is 4.74 Å². The van der Waals surface area contributed by atoms with Crippen LogP contribution in [0.15, 0.2) is 0 Å². The zero-order chi connectivity index (χ0) is 13.5. The Bertz CT molecular complexity index is 233. The Morgan fingerprint density at radius 3 is 2.42 bits per heavy atom. The maximum Gasteiger partial charge on any atom is 0.0478 e. The van der Waals surface area contributed by atoms with E-state index in [4.69, 9.17) is 4.74 Å². The van der Waals surface area contributed by atoms with Gasteiger partial charge in [-0.2, -0.15) is 0 Å². The van der Waals surface area contributed by atoms with Gasteiger partial charge in [0.05, 0.1) is 0 Å². The fourth-order valence-electron chi connectivity index (χ4n) is 3.78. The molecule has 2 bridgehead atoms. The van der Waals surface area contributed by atoms with Crippen molar-refractivity contribution >= 4 is 0 Å². The van der Waals surface area contributed by atoms with Crippen LogP contribution in [0.5, 0.6) is 0 Å². The van der Waals surface area contributed by atoms with Crippen molar-refractivity contribution in [1.82, 2.24) is 10.2 Å². The van der Waals surface area contributed by atoms with Gasteiger partial charge in [0, 0.05) is 37.9 Å². The van der Waals surface area contributed by atoms with Crippen molar-refractivity contribution in [3.05, 3.63) is 0 Å². The van der Waals surface area contributed by atoms with Crippen LogP contribution in [0.1, 0.15) is 58.3 Å². The van der Waals surface area contributed by atoms with Crippen LogP contribution < -0.4 is 5.32 Å². The third kappa shape index (κ3) is 4.44. The molecule has 0 saturated carbocycles. The zero-order valence-electron chi connectivity index (χ0n) is 12.9. The number of unbranched alkanes of at least 4 members (excludes halogenated alkanes) is 1. The average molecular weight is 268 g/mol. The van der Waals surface area contributed by atoms with Crippen molar-refractivity contribution in [2.75, 3.05) is 26.8 Å². The quantitative estimate of drug-likeness (QED) is 0.685. The third-order valence-corrected chi connectivity index (χ3v) is 4.88. The van der Waals surface area contributed by atoms with E-state index in [1.807, 2.05) is 0 Å². The lowest BCUT2D eigenvalue weighted by molar-refractivity contribution is 0.0169. The SMILES string of the molecule is CCCCOCCCN1C2CCCC1CC(NC)C2. The molecule has 2 rings (SSSR count). The highest BCUT2D eigenvalue weighted by Crippen LogP contribution is 2.33. The first-order chi connectivity index (χ1) is 9.35. The summed E-state index contributed by atoms with van der Waals surface area (Å²) in [6, 6.07) is 2.42. The minimum Gasteiger partial charge on any atom is -0.381 e. The predicted octanol–water partition coefficient (Wildman–Crippen LogP) is 2.80. The molecule has 3 heteroatoms. The van der Waals surface area contributed by atoms with Gasteiger partial charge in [-0.05, 0) is 45.6 Å². The summed E-state index contributed by atoms with van der Waals surface area (Å²) in [7, 11) is 2.12. The lowest BCUT2D eigenvalue weighted by Gasteiger charge is -2.49. The molecule has 112 valence electrons. The van der Waals surface area contributed by atoms with E-state index in [2.05, 4.69) is 24.2 Å². The van der Waals surface area contributed by atoms with E-state index in [0.717, 1.165) is 31.3 Å². The molecule has 2 atom stereocenters. The average Bonchev–Trinajstić information content (AvgIpc) is 2.42. The minimum atomic E-state index is 0.757. The number of rotatable bonds is 8. The summed E-state index contributed by atoms with van der Waals surface area (Å²) in [6.07, 6.45) is 10.6. The van der Waals surface area contributed by atoms with E-state index in [-0.39, 0.29) is 0 Å². The standard InChI is InChI=1S/C16H32N2O/c1-3-4-10-19-11-6-9-18-15-7-5-8-16(18)13-14(12-15)17-2/h14-17H,3-13H2,1-2H3. The maximum absolute atomic E-state index is 5.69. The summed E-state index contributed by atoms with van der Waals surface area (Å²) >= 11 is 0. The first kappa shape index (κ1) is 15.3. The van der Waals surface area contributed by atoms with Crippen LogP contribution in [-0.2, 0) is 4.74 Å². The topological polar surface area (TPSA) is 24.5 Å². The van der Waals surface area contributed by atoms with Gasteiger partial charge in [-0.15, -0.1) is 0 Å². The second kappa shape index (κ2) is 8.23.